The van der Waals surface area contributed by atoms with Gasteiger partial charge in [-0.25, -0.2) is 0 Å². The lowest BCUT2D eigenvalue weighted by Crippen LogP contribution is -2.04. The van der Waals surface area contributed by atoms with Gasteiger partial charge in [-0.15, -0.1) is 0 Å². The van der Waals surface area contributed by atoms with Gasteiger partial charge in [0.2, 0.25) is 5.95 Å². The Morgan fingerprint density at radius 2 is 2.19 bits per heavy atom. The summed E-state index contributed by atoms with van der Waals surface area (Å²) < 4.78 is 6.85. The van der Waals surface area contributed by atoms with Crippen LogP contribution < -0.4 is 10.5 Å². The Labute approximate surface area is 92.3 Å². The predicted molar refractivity (Wildman–Crippen MR) is 57.6 cm³/mol. The van der Waals surface area contributed by atoms with Crippen molar-refractivity contribution in [1.82, 2.24) is 24.7 Å². The minimum atomic E-state index is 0.136. The molecule has 0 radical (unpaired) electrons. The molecule has 0 aliphatic carbocycles. The second-order valence-corrected chi connectivity index (χ2v) is 3.14. The molecule has 2 rings (SSSR count). The number of hydrogen-bond donors (Lipinski definition) is 1. The molecule has 7 nitrogen and oxygen atoms in total. The van der Waals surface area contributed by atoms with Gasteiger partial charge in [-0.1, -0.05) is 0 Å². The summed E-state index contributed by atoms with van der Waals surface area (Å²) >= 11 is 0. The van der Waals surface area contributed by atoms with Crippen LogP contribution in [-0.2, 0) is 7.05 Å². The highest BCUT2D eigenvalue weighted by Crippen LogP contribution is 2.16. The Morgan fingerprint density at radius 1 is 1.38 bits per heavy atom. The van der Waals surface area contributed by atoms with Crippen molar-refractivity contribution in [3.05, 3.63) is 12.4 Å². The lowest BCUT2D eigenvalue weighted by Gasteiger charge is -2.02. The van der Waals surface area contributed by atoms with Gasteiger partial charge in [-0.05, 0) is 6.92 Å². The molecule has 0 spiro atoms. The maximum atomic E-state index is 5.56. The molecule has 0 aromatic carbocycles. The zero-order valence-electron chi connectivity index (χ0n) is 9.08. The summed E-state index contributed by atoms with van der Waals surface area (Å²) in [6.45, 7) is 2.33. The first kappa shape index (κ1) is 10.3. The molecule has 0 atom stereocenters. The number of aryl methyl sites for hydroxylation is 1. The molecule has 2 N–H and O–H groups in total. The number of nitrogen functional groups attached to an aromatic ring is 1. The highest BCUT2D eigenvalue weighted by molar-refractivity contribution is 5.53. The maximum Gasteiger partial charge on any atom is 0.321 e. The Kier molecular flexibility index (Phi) is 2.67. The van der Waals surface area contributed by atoms with Gasteiger partial charge in [-0.3, -0.25) is 4.68 Å². The van der Waals surface area contributed by atoms with Crippen molar-refractivity contribution in [2.45, 2.75) is 6.92 Å². The van der Waals surface area contributed by atoms with Crippen LogP contribution in [0.2, 0.25) is 0 Å². The highest BCUT2D eigenvalue weighted by atomic mass is 16.5. The fraction of sp³-hybridized carbons (Fsp3) is 0.333. The average molecular weight is 220 g/mol. The van der Waals surface area contributed by atoms with Crippen LogP contribution in [0.1, 0.15) is 6.92 Å². The van der Waals surface area contributed by atoms with Gasteiger partial charge in [-0.2, -0.15) is 20.1 Å². The van der Waals surface area contributed by atoms with Crippen LogP contribution >= 0.6 is 0 Å². The molecule has 0 unspecified atom stereocenters. The Bertz CT molecular complexity index is 494. The van der Waals surface area contributed by atoms with Crippen molar-refractivity contribution in [1.29, 1.82) is 0 Å². The number of nitrogens with zero attached hydrogens (tertiary/aromatic N) is 5. The second-order valence-electron chi connectivity index (χ2n) is 3.14. The number of rotatable bonds is 3. The van der Waals surface area contributed by atoms with Crippen LogP contribution in [0.15, 0.2) is 12.4 Å². The first-order valence-electron chi connectivity index (χ1n) is 4.82. The van der Waals surface area contributed by atoms with E-state index < -0.39 is 0 Å². The van der Waals surface area contributed by atoms with Crippen LogP contribution in [0, 0.1) is 0 Å². The van der Waals surface area contributed by atoms with Gasteiger partial charge < -0.3 is 10.5 Å². The molecule has 0 saturated heterocycles. The Hall–Kier alpha value is -2.18. The van der Waals surface area contributed by atoms with Crippen LogP contribution in [0.3, 0.4) is 0 Å². The first-order valence-corrected chi connectivity index (χ1v) is 4.82. The quantitative estimate of drug-likeness (QED) is 0.797. The SMILES string of the molecule is CCOc1nc(N)nc(-c2cnn(C)c2)n1. The molecule has 2 aromatic heterocycles. The fourth-order valence-electron chi connectivity index (χ4n) is 1.23. The minimum Gasteiger partial charge on any atom is -0.464 e. The van der Waals surface area contributed by atoms with E-state index in [4.69, 9.17) is 10.5 Å². The maximum absolute atomic E-state index is 5.56. The van der Waals surface area contributed by atoms with E-state index in [9.17, 15) is 0 Å². The van der Waals surface area contributed by atoms with E-state index in [-0.39, 0.29) is 12.0 Å². The molecule has 0 aliphatic heterocycles. The zero-order chi connectivity index (χ0) is 11.5. The van der Waals surface area contributed by atoms with E-state index in [1.807, 2.05) is 14.0 Å². The van der Waals surface area contributed by atoms with Crippen LogP contribution in [0.4, 0.5) is 5.95 Å². The number of nitrogens with two attached hydrogens (primary N) is 1. The van der Waals surface area contributed by atoms with Crippen molar-refractivity contribution in [2.24, 2.45) is 7.05 Å². The summed E-state index contributed by atoms with van der Waals surface area (Å²) in [7, 11) is 1.82. The smallest absolute Gasteiger partial charge is 0.321 e. The van der Waals surface area contributed by atoms with Crippen molar-refractivity contribution >= 4 is 5.95 Å². The normalized spacial score (nSPS) is 10.4. The molecular weight excluding hydrogens is 208 g/mol. The van der Waals surface area contributed by atoms with Gasteiger partial charge in [0, 0.05) is 13.2 Å². The number of aromatic nitrogens is 5. The lowest BCUT2D eigenvalue weighted by atomic mass is 10.3. The molecule has 2 aromatic rings. The van der Waals surface area contributed by atoms with E-state index in [1.54, 1.807) is 17.1 Å². The number of anilines is 1. The third kappa shape index (κ3) is 2.08. The van der Waals surface area contributed by atoms with Crippen LogP contribution in [0.5, 0.6) is 6.01 Å². The van der Waals surface area contributed by atoms with E-state index in [0.717, 1.165) is 5.56 Å². The Morgan fingerprint density at radius 3 is 2.81 bits per heavy atom. The van der Waals surface area contributed by atoms with Crippen molar-refractivity contribution < 1.29 is 4.74 Å². The summed E-state index contributed by atoms with van der Waals surface area (Å²) in [6.07, 6.45) is 3.45. The molecule has 7 heteroatoms. The van der Waals surface area contributed by atoms with Gasteiger partial charge in [0.25, 0.3) is 0 Å². The molecule has 84 valence electrons. The second kappa shape index (κ2) is 4.13. The topological polar surface area (TPSA) is 91.7 Å². The van der Waals surface area contributed by atoms with Crippen molar-refractivity contribution in [3.8, 4) is 17.4 Å². The predicted octanol–water partition coefficient (Wildman–Crippen LogP) is 0.253. The third-order valence-electron chi connectivity index (χ3n) is 1.87. The number of hydrogen-bond acceptors (Lipinski definition) is 6. The molecule has 16 heavy (non-hydrogen) atoms. The number of ether oxygens (including phenoxy) is 1. The van der Waals surface area contributed by atoms with Gasteiger partial charge >= 0.3 is 6.01 Å². The fourth-order valence-corrected chi connectivity index (χ4v) is 1.23. The van der Waals surface area contributed by atoms with E-state index in [2.05, 4.69) is 20.1 Å². The van der Waals surface area contributed by atoms with Crippen LogP contribution in [0.25, 0.3) is 11.4 Å². The third-order valence-corrected chi connectivity index (χ3v) is 1.87. The molecule has 0 fully saturated rings. The molecule has 0 saturated carbocycles. The summed E-state index contributed by atoms with van der Waals surface area (Å²) in [4.78, 5) is 12.0. The van der Waals surface area contributed by atoms with Crippen molar-refractivity contribution in [3.63, 3.8) is 0 Å². The monoisotopic (exact) mass is 220 g/mol. The van der Waals surface area contributed by atoms with E-state index in [0.29, 0.717) is 12.4 Å². The summed E-state index contributed by atoms with van der Waals surface area (Å²) in [5, 5.41) is 4.03. The van der Waals surface area contributed by atoms with Crippen molar-refractivity contribution in [2.75, 3.05) is 12.3 Å². The molecule has 0 bridgehead atoms. The molecule has 2 heterocycles. The standard InChI is InChI=1S/C9H12N6O/c1-3-16-9-13-7(12-8(10)14-9)6-4-11-15(2)5-6/h4-5H,3H2,1-2H3,(H2,10,12,13,14). The minimum absolute atomic E-state index is 0.136. The molecule has 0 aliphatic rings. The van der Waals surface area contributed by atoms with E-state index >= 15 is 0 Å². The summed E-state index contributed by atoms with van der Waals surface area (Å²) in [5.41, 5.74) is 6.34. The highest BCUT2D eigenvalue weighted by Gasteiger charge is 2.08. The van der Waals surface area contributed by atoms with Gasteiger partial charge in [0.15, 0.2) is 5.82 Å². The Balaban J connectivity index is 2.40. The summed E-state index contributed by atoms with van der Waals surface area (Å²) in [5.74, 6) is 0.598. The van der Waals surface area contributed by atoms with Gasteiger partial charge in [0.05, 0.1) is 18.4 Å². The largest absolute Gasteiger partial charge is 0.464 e. The van der Waals surface area contributed by atoms with Gasteiger partial charge in [0.1, 0.15) is 0 Å². The van der Waals surface area contributed by atoms with Crippen LogP contribution in [-0.4, -0.2) is 31.3 Å². The first-order chi connectivity index (χ1) is 7.69. The summed E-state index contributed by atoms with van der Waals surface area (Å²) in [6, 6.07) is 0.230. The lowest BCUT2D eigenvalue weighted by molar-refractivity contribution is 0.312. The molecule has 0 amide bonds. The van der Waals surface area contributed by atoms with E-state index in [1.165, 1.54) is 0 Å². The average Bonchev–Trinajstić information content (AvgIpc) is 2.64. The zero-order valence-corrected chi connectivity index (χ0v) is 9.08. The molecular formula is C9H12N6O.